The summed E-state index contributed by atoms with van der Waals surface area (Å²) < 4.78 is 5.60. The van der Waals surface area contributed by atoms with Crippen molar-refractivity contribution in [1.29, 1.82) is 0 Å². The Labute approximate surface area is 79.7 Å². The number of hydrogen-bond acceptors (Lipinski definition) is 2. The van der Waals surface area contributed by atoms with Gasteiger partial charge in [0.05, 0.1) is 12.7 Å². The van der Waals surface area contributed by atoms with Gasteiger partial charge in [0.15, 0.2) is 0 Å². The second kappa shape index (κ2) is 3.94. The van der Waals surface area contributed by atoms with Gasteiger partial charge < -0.3 is 10.1 Å². The summed E-state index contributed by atoms with van der Waals surface area (Å²) in [5.74, 6) is 0. The van der Waals surface area contributed by atoms with Crippen molar-refractivity contribution in [3.8, 4) is 0 Å². The van der Waals surface area contributed by atoms with E-state index in [4.69, 9.17) is 12.6 Å². The third-order valence-electron chi connectivity index (χ3n) is 2.24. The third-order valence-corrected chi connectivity index (χ3v) is 2.24. The molecule has 1 heterocycles. The van der Waals surface area contributed by atoms with E-state index in [-0.39, 0.29) is 6.10 Å². The van der Waals surface area contributed by atoms with Crippen molar-refractivity contribution in [2.24, 2.45) is 0 Å². The van der Waals surface area contributed by atoms with Crippen molar-refractivity contribution in [3.05, 3.63) is 29.8 Å². The maximum absolute atomic E-state index is 5.60. The summed E-state index contributed by atoms with van der Waals surface area (Å²) >= 11 is 0. The molecule has 66 valence electrons. The minimum atomic E-state index is 0.189. The van der Waals surface area contributed by atoms with Gasteiger partial charge in [-0.25, -0.2) is 0 Å². The molecule has 13 heavy (non-hydrogen) atoms. The van der Waals surface area contributed by atoms with Crippen LogP contribution in [-0.2, 0) is 4.74 Å². The van der Waals surface area contributed by atoms with Crippen LogP contribution in [0.5, 0.6) is 0 Å². The predicted octanol–water partition coefficient (Wildman–Crippen LogP) is 0.141. The van der Waals surface area contributed by atoms with Crippen molar-refractivity contribution in [2.75, 3.05) is 19.7 Å². The van der Waals surface area contributed by atoms with E-state index in [0.717, 1.165) is 25.2 Å². The second-order valence-corrected chi connectivity index (χ2v) is 3.23. The average Bonchev–Trinajstić information content (AvgIpc) is 2.20. The van der Waals surface area contributed by atoms with E-state index >= 15 is 0 Å². The lowest BCUT2D eigenvalue weighted by Crippen LogP contribution is -2.33. The zero-order valence-electron chi connectivity index (χ0n) is 7.49. The maximum atomic E-state index is 5.60. The first kappa shape index (κ1) is 8.79. The molecule has 1 atom stereocenters. The summed E-state index contributed by atoms with van der Waals surface area (Å²) in [6.07, 6.45) is 0.189. The molecule has 1 aromatic carbocycles. The molecule has 1 fully saturated rings. The van der Waals surface area contributed by atoms with E-state index in [1.165, 1.54) is 5.56 Å². The van der Waals surface area contributed by atoms with E-state index in [1.807, 2.05) is 24.3 Å². The standard InChI is InChI=1S/C10H12BNO/c11-9-3-1-8(2-4-9)10-7-12-5-6-13-10/h1-4,10,12H,5-7H2/t10-/m1/s1. The van der Waals surface area contributed by atoms with Crippen LogP contribution in [0.4, 0.5) is 0 Å². The van der Waals surface area contributed by atoms with Crippen LogP contribution < -0.4 is 10.8 Å². The molecule has 0 bridgehead atoms. The Hall–Kier alpha value is -0.795. The van der Waals surface area contributed by atoms with Gasteiger partial charge in [-0.15, -0.1) is 0 Å². The Morgan fingerprint density at radius 2 is 2.08 bits per heavy atom. The smallest absolute Gasteiger partial charge is 0.113 e. The molecule has 3 heteroatoms. The number of rotatable bonds is 1. The van der Waals surface area contributed by atoms with Crippen LogP contribution in [0.3, 0.4) is 0 Å². The average molecular weight is 173 g/mol. The Bertz CT molecular complexity index is 267. The fourth-order valence-corrected chi connectivity index (χ4v) is 1.49. The molecule has 1 saturated heterocycles. The summed E-state index contributed by atoms with van der Waals surface area (Å²) in [7, 11) is 5.60. The molecule has 0 saturated carbocycles. The zero-order valence-corrected chi connectivity index (χ0v) is 7.49. The summed E-state index contributed by atoms with van der Waals surface area (Å²) in [6, 6.07) is 7.86. The third kappa shape index (κ3) is 2.11. The van der Waals surface area contributed by atoms with E-state index in [9.17, 15) is 0 Å². The molecule has 2 rings (SSSR count). The zero-order chi connectivity index (χ0) is 9.10. The Morgan fingerprint density at radius 3 is 2.69 bits per heavy atom. The number of benzene rings is 1. The van der Waals surface area contributed by atoms with Gasteiger partial charge in [0.25, 0.3) is 0 Å². The molecule has 0 amide bonds. The lowest BCUT2D eigenvalue weighted by molar-refractivity contribution is 0.0277. The fourth-order valence-electron chi connectivity index (χ4n) is 1.49. The monoisotopic (exact) mass is 173 g/mol. The summed E-state index contributed by atoms with van der Waals surface area (Å²) in [5, 5.41) is 3.29. The topological polar surface area (TPSA) is 21.3 Å². The molecular formula is C10H12BNO. The van der Waals surface area contributed by atoms with Gasteiger partial charge in [0.2, 0.25) is 0 Å². The Morgan fingerprint density at radius 1 is 1.31 bits per heavy atom. The van der Waals surface area contributed by atoms with Gasteiger partial charge in [-0.2, -0.15) is 0 Å². The maximum Gasteiger partial charge on any atom is 0.113 e. The van der Waals surface area contributed by atoms with Gasteiger partial charge in [-0.1, -0.05) is 29.7 Å². The normalized spacial score (nSPS) is 22.9. The molecule has 2 radical (unpaired) electrons. The van der Waals surface area contributed by atoms with Crippen molar-refractivity contribution >= 4 is 13.3 Å². The first-order valence-electron chi connectivity index (χ1n) is 4.54. The molecule has 2 nitrogen and oxygen atoms in total. The molecule has 1 aliphatic heterocycles. The van der Waals surface area contributed by atoms with Gasteiger partial charge >= 0.3 is 0 Å². The quantitative estimate of drug-likeness (QED) is 0.610. The van der Waals surface area contributed by atoms with E-state index < -0.39 is 0 Å². The van der Waals surface area contributed by atoms with E-state index in [0.29, 0.717) is 0 Å². The molecule has 1 N–H and O–H groups in total. The highest BCUT2D eigenvalue weighted by Gasteiger charge is 2.14. The summed E-state index contributed by atoms with van der Waals surface area (Å²) in [6.45, 7) is 2.63. The Balaban J connectivity index is 2.10. The van der Waals surface area contributed by atoms with Gasteiger partial charge in [0, 0.05) is 13.1 Å². The van der Waals surface area contributed by atoms with Crippen molar-refractivity contribution < 1.29 is 4.74 Å². The van der Waals surface area contributed by atoms with Crippen LogP contribution >= 0.6 is 0 Å². The minimum absolute atomic E-state index is 0.189. The number of morpholine rings is 1. The van der Waals surface area contributed by atoms with Gasteiger partial charge in [-0.05, 0) is 5.56 Å². The van der Waals surface area contributed by atoms with E-state index in [2.05, 4.69) is 5.32 Å². The number of nitrogens with one attached hydrogen (secondary N) is 1. The van der Waals surface area contributed by atoms with Crippen LogP contribution in [0.1, 0.15) is 11.7 Å². The van der Waals surface area contributed by atoms with Crippen LogP contribution in [0.15, 0.2) is 24.3 Å². The SMILES string of the molecule is [B]c1ccc([C@H]2CNCCO2)cc1. The molecule has 1 aromatic rings. The highest BCUT2D eigenvalue weighted by Crippen LogP contribution is 2.16. The number of hydrogen-bond donors (Lipinski definition) is 1. The molecular weight excluding hydrogens is 161 g/mol. The largest absolute Gasteiger partial charge is 0.371 e. The lowest BCUT2D eigenvalue weighted by atomic mass is 9.94. The van der Waals surface area contributed by atoms with Gasteiger partial charge in [0.1, 0.15) is 7.85 Å². The Kier molecular flexibility index (Phi) is 2.66. The molecule has 0 unspecified atom stereocenters. The molecule has 0 spiro atoms. The molecule has 1 aliphatic rings. The summed E-state index contributed by atoms with van der Waals surface area (Å²) in [5.41, 5.74) is 1.99. The predicted molar refractivity (Wildman–Crippen MR) is 53.4 cm³/mol. The van der Waals surface area contributed by atoms with Crippen LogP contribution in [0.25, 0.3) is 0 Å². The second-order valence-electron chi connectivity index (χ2n) is 3.23. The van der Waals surface area contributed by atoms with Crippen molar-refractivity contribution in [2.45, 2.75) is 6.10 Å². The van der Waals surface area contributed by atoms with Crippen LogP contribution in [0.2, 0.25) is 0 Å². The fraction of sp³-hybridized carbons (Fsp3) is 0.400. The number of ether oxygens (including phenoxy) is 1. The lowest BCUT2D eigenvalue weighted by Gasteiger charge is -2.23. The first-order valence-corrected chi connectivity index (χ1v) is 4.54. The molecule has 0 aromatic heterocycles. The van der Waals surface area contributed by atoms with Crippen molar-refractivity contribution in [1.82, 2.24) is 5.32 Å². The highest BCUT2D eigenvalue weighted by atomic mass is 16.5. The first-order chi connectivity index (χ1) is 6.36. The highest BCUT2D eigenvalue weighted by molar-refractivity contribution is 6.32. The minimum Gasteiger partial charge on any atom is -0.371 e. The van der Waals surface area contributed by atoms with Crippen LogP contribution in [-0.4, -0.2) is 27.5 Å². The van der Waals surface area contributed by atoms with Crippen molar-refractivity contribution in [3.63, 3.8) is 0 Å². The summed E-state index contributed by atoms with van der Waals surface area (Å²) in [4.78, 5) is 0. The molecule has 0 aliphatic carbocycles. The van der Waals surface area contributed by atoms with Gasteiger partial charge in [-0.3, -0.25) is 0 Å². The van der Waals surface area contributed by atoms with Crippen LogP contribution in [0, 0.1) is 0 Å². The van der Waals surface area contributed by atoms with E-state index in [1.54, 1.807) is 0 Å².